The predicted octanol–water partition coefficient (Wildman–Crippen LogP) is 13.0. The van der Waals surface area contributed by atoms with E-state index in [9.17, 15) is 0 Å². The van der Waals surface area contributed by atoms with Crippen molar-refractivity contribution in [3.8, 4) is 56.7 Å². The van der Waals surface area contributed by atoms with Crippen molar-refractivity contribution in [1.29, 1.82) is 0 Å². The average Bonchev–Trinajstić information content (AvgIpc) is 3.94. The third-order valence-electron chi connectivity index (χ3n) is 13.3. The Kier molecular flexibility index (Phi) is 7.69. The number of para-hydroxylation sites is 4. The van der Waals surface area contributed by atoms with Gasteiger partial charge in [0.15, 0.2) is 17.5 Å². The minimum absolute atomic E-state index is 0.636. The number of nitrogens with zero attached hydrogens (tertiary/aromatic N) is 5. The lowest BCUT2D eigenvalue weighted by Gasteiger charge is -2.22. The Morgan fingerprint density at radius 1 is 0.349 bits per heavy atom. The molecular formula is C57H39N5Si. The Labute approximate surface area is 365 Å². The number of benzene rings is 9. The lowest BCUT2D eigenvalue weighted by Crippen LogP contribution is -2.49. The molecule has 0 saturated heterocycles. The molecule has 0 amide bonds. The lowest BCUT2D eigenvalue weighted by atomic mass is 9.94. The van der Waals surface area contributed by atoms with E-state index in [2.05, 4.69) is 216 Å². The van der Waals surface area contributed by atoms with Crippen LogP contribution in [-0.4, -0.2) is 32.2 Å². The lowest BCUT2D eigenvalue weighted by molar-refractivity contribution is 1.08. The maximum atomic E-state index is 5.51. The van der Waals surface area contributed by atoms with Crippen LogP contribution in [0, 0.1) is 0 Å². The van der Waals surface area contributed by atoms with Crippen molar-refractivity contribution in [2.24, 2.45) is 0 Å². The molecule has 0 saturated carbocycles. The first-order valence-corrected chi connectivity index (χ1v) is 24.6. The van der Waals surface area contributed by atoms with Gasteiger partial charge in [0.2, 0.25) is 0 Å². The molecule has 6 heteroatoms. The van der Waals surface area contributed by atoms with Crippen LogP contribution in [0.2, 0.25) is 13.1 Å². The average molecular weight is 822 g/mol. The highest BCUT2D eigenvalue weighted by atomic mass is 28.3. The van der Waals surface area contributed by atoms with Crippen LogP contribution in [0.5, 0.6) is 0 Å². The van der Waals surface area contributed by atoms with Crippen molar-refractivity contribution in [3.63, 3.8) is 0 Å². The van der Waals surface area contributed by atoms with Crippen LogP contribution in [0.1, 0.15) is 0 Å². The van der Waals surface area contributed by atoms with Gasteiger partial charge in [0.05, 0.1) is 22.1 Å². The van der Waals surface area contributed by atoms with Crippen molar-refractivity contribution in [2.45, 2.75) is 13.1 Å². The molecule has 1 aliphatic rings. The Hall–Kier alpha value is -7.93. The van der Waals surface area contributed by atoms with Gasteiger partial charge in [0, 0.05) is 49.6 Å². The topological polar surface area (TPSA) is 48.5 Å². The van der Waals surface area contributed by atoms with Crippen LogP contribution in [0.4, 0.5) is 0 Å². The zero-order chi connectivity index (χ0) is 41.8. The summed E-state index contributed by atoms with van der Waals surface area (Å²) < 4.78 is 4.78. The summed E-state index contributed by atoms with van der Waals surface area (Å²) in [4.78, 5) is 16.2. The van der Waals surface area contributed by atoms with Gasteiger partial charge in [-0.2, -0.15) is 0 Å². The molecule has 296 valence electrons. The fourth-order valence-corrected chi connectivity index (χ4v) is 14.0. The summed E-state index contributed by atoms with van der Waals surface area (Å²) in [6.07, 6.45) is 0. The smallest absolute Gasteiger partial charge is 0.164 e. The number of hydrogen-bond donors (Lipinski definition) is 0. The predicted molar refractivity (Wildman–Crippen MR) is 265 cm³/mol. The zero-order valence-corrected chi connectivity index (χ0v) is 35.8. The molecule has 4 heterocycles. The molecule has 3 aromatic heterocycles. The first-order valence-electron chi connectivity index (χ1n) is 21.6. The first kappa shape index (κ1) is 35.8. The summed E-state index contributed by atoms with van der Waals surface area (Å²) >= 11 is 0. The molecule has 0 spiro atoms. The summed E-state index contributed by atoms with van der Waals surface area (Å²) in [5.74, 6) is 1.93. The second-order valence-corrected chi connectivity index (χ2v) is 21.5. The van der Waals surface area contributed by atoms with E-state index in [-0.39, 0.29) is 0 Å². The SMILES string of the molecule is C[Si]1(C)c2ccccc2-c2ccc3c(-c4nc(-c5ccccc5)nc(-c5ccc6c(c5)c5ccccc5n6-c5ccccc5)n4)cc4c(c5ccccc5n4-c4ccccc4)c3c21. The fraction of sp³-hybridized carbons (Fsp3) is 0.0351. The number of rotatable bonds is 5. The Balaban J connectivity index is 1.14. The van der Waals surface area contributed by atoms with Crippen LogP contribution >= 0.6 is 0 Å². The molecule has 13 rings (SSSR count). The van der Waals surface area contributed by atoms with E-state index in [1.807, 2.05) is 6.07 Å². The first-order chi connectivity index (χ1) is 31.0. The van der Waals surface area contributed by atoms with E-state index in [0.717, 1.165) is 55.4 Å². The molecule has 0 fully saturated rings. The number of fused-ring (bicyclic) bond motifs is 12. The minimum Gasteiger partial charge on any atom is -0.309 e. The summed E-state index contributed by atoms with van der Waals surface area (Å²) in [7, 11) is -2.21. The largest absolute Gasteiger partial charge is 0.309 e. The van der Waals surface area contributed by atoms with Crippen molar-refractivity contribution >= 4 is 72.8 Å². The Morgan fingerprint density at radius 3 is 1.63 bits per heavy atom. The van der Waals surface area contributed by atoms with E-state index in [1.54, 1.807) is 0 Å². The van der Waals surface area contributed by atoms with E-state index in [0.29, 0.717) is 17.5 Å². The molecule has 0 radical (unpaired) electrons. The van der Waals surface area contributed by atoms with Crippen LogP contribution in [0.3, 0.4) is 0 Å². The van der Waals surface area contributed by atoms with Gasteiger partial charge in [-0.3, -0.25) is 0 Å². The Bertz CT molecular complexity index is 3810. The molecule has 63 heavy (non-hydrogen) atoms. The number of hydrogen-bond acceptors (Lipinski definition) is 3. The highest BCUT2D eigenvalue weighted by Crippen LogP contribution is 2.44. The van der Waals surface area contributed by atoms with Gasteiger partial charge >= 0.3 is 0 Å². The number of aromatic nitrogens is 5. The second-order valence-electron chi connectivity index (χ2n) is 17.2. The van der Waals surface area contributed by atoms with Crippen LogP contribution in [0.15, 0.2) is 200 Å². The normalized spacial score (nSPS) is 13.0. The molecule has 9 aromatic carbocycles. The van der Waals surface area contributed by atoms with Gasteiger partial charge in [0.1, 0.15) is 8.07 Å². The third-order valence-corrected chi connectivity index (χ3v) is 16.9. The molecule has 0 bridgehead atoms. The van der Waals surface area contributed by atoms with Gasteiger partial charge in [-0.05, 0) is 92.9 Å². The Morgan fingerprint density at radius 2 is 0.905 bits per heavy atom. The van der Waals surface area contributed by atoms with Crippen molar-refractivity contribution in [3.05, 3.63) is 200 Å². The second kappa shape index (κ2) is 13.5. The van der Waals surface area contributed by atoms with Crippen LogP contribution in [0.25, 0.3) is 111 Å². The van der Waals surface area contributed by atoms with Crippen molar-refractivity contribution < 1.29 is 0 Å². The van der Waals surface area contributed by atoms with Gasteiger partial charge in [-0.1, -0.05) is 153 Å². The van der Waals surface area contributed by atoms with E-state index < -0.39 is 8.07 Å². The quantitative estimate of drug-likeness (QED) is 0.163. The van der Waals surface area contributed by atoms with E-state index in [4.69, 9.17) is 15.0 Å². The summed E-state index contributed by atoms with van der Waals surface area (Å²) in [5, 5.41) is 10.3. The summed E-state index contributed by atoms with van der Waals surface area (Å²) in [6.45, 7) is 5.04. The molecule has 12 aromatic rings. The highest BCUT2D eigenvalue weighted by Gasteiger charge is 2.40. The van der Waals surface area contributed by atoms with E-state index in [1.165, 1.54) is 48.6 Å². The van der Waals surface area contributed by atoms with Crippen LogP contribution in [-0.2, 0) is 0 Å². The maximum absolute atomic E-state index is 5.51. The minimum atomic E-state index is -2.21. The van der Waals surface area contributed by atoms with Gasteiger partial charge < -0.3 is 9.13 Å². The highest BCUT2D eigenvalue weighted by molar-refractivity contribution is 7.05. The molecule has 0 aliphatic carbocycles. The monoisotopic (exact) mass is 821 g/mol. The fourth-order valence-electron chi connectivity index (χ4n) is 10.6. The van der Waals surface area contributed by atoms with Crippen molar-refractivity contribution in [1.82, 2.24) is 24.1 Å². The third kappa shape index (κ3) is 5.25. The standard InChI is InChI=1S/C57H39N5Si/c1-63(2)51-29-17-14-25-41(51)43-32-31-42-46(35-50-52(53(42)54(43)63)44-26-13-16-28-48(44)62(50)39-22-10-5-11-23-39)57-59-55(36-18-6-3-7-19-36)58-56(60-57)37-30-33-49-45(34-37)40-24-12-15-27-47(40)61(49)38-20-8-4-9-21-38/h3-35H,1-2H3. The van der Waals surface area contributed by atoms with Crippen molar-refractivity contribution in [2.75, 3.05) is 0 Å². The maximum Gasteiger partial charge on any atom is 0.164 e. The summed E-state index contributed by atoms with van der Waals surface area (Å²) in [5.41, 5.74) is 12.4. The van der Waals surface area contributed by atoms with E-state index >= 15 is 0 Å². The molecule has 0 unspecified atom stereocenters. The zero-order valence-electron chi connectivity index (χ0n) is 34.8. The summed E-state index contributed by atoms with van der Waals surface area (Å²) in [6, 6.07) is 72.0. The van der Waals surface area contributed by atoms with Gasteiger partial charge in [-0.25, -0.2) is 15.0 Å². The van der Waals surface area contributed by atoms with Crippen LogP contribution < -0.4 is 10.4 Å². The van der Waals surface area contributed by atoms with Gasteiger partial charge in [0.25, 0.3) is 0 Å². The molecule has 0 atom stereocenters. The van der Waals surface area contributed by atoms with Gasteiger partial charge in [-0.15, -0.1) is 0 Å². The molecule has 0 N–H and O–H groups in total. The molecular weight excluding hydrogens is 783 g/mol. The molecule has 1 aliphatic heterocycles. The molecule has 5 nitrogen and oxygen atoms in total.